The molecular formula is C20H37NO3. The fourth-order valence-corrected chi connectivity index (χ4v) is 3.47. The van der Waals surface area contributed by atoms with E-state index in [1.54, 1.807) is 4.90 Å². The fourth-order valence-electron chi connectivity index (χ4n) is 3.47. The van der Waals surface area contributed by atoms with Gasteiger partial charge >= 0.3 is 5.97 Å². The van der Waals surface area contributed by atoms with Crippen LogP contribution in [0.25, 0.3) is 0 Å². The van der Waals surface area contributed by atoms with E-state index in [0.717, 1.165) is 19.4 Å². The molecule has 0 aromatic heterocycles. The molecule has 1 atom stereocenters. The lowest BCUT2D eigenvalue weighted by molar-refractivity contribution is -0.141. The summed E-state index contributed by atoms with van der Waals surface area (Å²) in [5, 5.41) is 8.95. The molecule has 1 N–H and O–H groups in total. The average Bonchev–Trinajstić information content (AvgIpc) is 2.93. The number of likely N-dealkylation sites (tertiary alicyclic amines) is 1. The summed E-state index contributed by atoms with van der Waals surface area (Å²) in [4.78, 5) is 24.3. The van der Waals surface area contributed by atoms with Crippen LogP contribution in [-0.4, -0.2) is 35.0 Å². The minimum absolute atomic E-state index is 0.0151. The van der Waals surface area contributed by atoms with Crippen LogP contribution in [0.5, 0.6) is 0 Å². The van der Waals surface area contributed by atoms with Crippen molar-refractivity contribution in [2.75, 3.05) is 13.1 Å². The Labute approximate surface area is 148 Å². The van der Waals surface area contributed by atoms with Gasteiger partial charge in [-0.3, -0.25) is 9.59 Å². The standard InChI is InChI=1S/C20H37NO3/c1-2-3-4-5-6-7-8-9-10-11-12-13-14-15-21-17-18(20(23)24)16-19(21)22/h18H,2-17H2,1H3,(H,23,24). The Kier molecular flexibility index (Phi) is 11.6. The van der Waals surface area contributed by atoms with Gasteiger partial charge in [-0.05, 0) is 6.42 Å². The number of nitrogens with zero attached hydrogens (tertiary/aromatic N) is 1. The number of aliphatic carboxylic acids is 1. The number of unbranched alkanes of at least 4 members (excludes halogenated alkanes) is 12. The molecule has 1 aliphatic heterocycles. The van der Waals surface area contributed by atoms with Crippen LogP contribution >= 0.6 is 0 Å². The molecule has 1 fully saturated rings. The first-order valence-electron chi connectivity index (χ1n) is 10.2. The monoisotopic (exact) mass is 339 g/mol. The third-order valence-electron chi connectivity index (χ3n) is 5.10. The molecule has 24 heavy (non-hydrogen) atoms. The van der Waals surface area contributed by atoms with E-state index in [2.05, 4.69) is 6.92 Å². The Morgan fingerprint density at radius 1 is 0.917 bits per heavy atom. The Balaban J connectivity index is 1.84. The van der Waals surface area contributed by atoms with Gasteiger partial charge in [-0.25, -0.2) is 0 Å². The van der Waals surface area contributed by atoms with Crippen molar-refractivity contribution >= 4 is 11.9 Å². The number of hydrogen-bond acceptors (Lipinski definition) is 2. The van der Waals surface area contributed by atoms with Crippen molar-refractivity contribution in [1.29, 1.82) is 0 Å². The van der Waals surface area contributed by atoms with E-state index in [-0.39, 0.29) is 12.3 Å². The SMILES string of the molecule is CCCCCCCCCCCCCCCN1CC(C(=O)O)CC1=O. The highest BCUT2D eigenvalue weighted by Crippen LogP contribution is 2.19. The predicted octanol–water partition coefficient (Wildman–Crippen LogP) is 5.01. The highest BCUT2D eigenvalue weighted by molar-refractivity contribution is 5.86. The van der Waals surface area contributed by atoms with Gasteiger partial charge in [-0.1, -0.05) is 84.0 Å². The van der Waals surface area contributed by atoms with E-state index in [1.165, 1.54) is 70.6 Å². The van der Waals surface area contributed by atoms with Gasteiger partial charge < -0.3 is 10.0 Å². The van der Waals surface area contributed by atoms with E-state index >= 15 is 0 Å². The molecule has 1 rings (SSSR count). The summed E-state index contributed by atoms with van der Waals surface area (Å²) in [6.45, 7) is 3.41. The Hall–Kier alpha value is -1.06. The number of hydrogen-bond donors (Lipinski definition) is 1. The van der Waals surface area contributed by atoms with Gasteiger partial charge in [0.05, 0.1) is 5.92 Å². The van der Waals surface area contributed by atoms with Gasteiger partial charge in [0, 0.05) is 19.5 Å². The molecule has 1 unspecified atom stereocenters. The van der Waals surface area contributed by atoms with Crippen LogP contribution in [0.3, 0.4) is 0 Å². The van der Waals surface area contributed by atoms with Crippen LogP contribution in [0.4, 0.5) is 0 Å². The highest BCUT2D eigenvalue weighted by atomic mass is 16.4. The molecule has 0 aromatic rings. The number of amides is 1. The first-order chi connectivity index (χ1) is 11.6. The van der Waals surface area contributed by atoms with Crippen LogP contribution in [0.15, 0.2) is 0 Å². The van der Waals surface area contributed by atoms with Gasteiger partial charge in [0.15, 0.2) is 0 Å². The second kappa shape index (κ2) is 13.3. The van der Waals surface area contributed by atoms with E-state index in [0.29, 0.717) is 6.54 Å². The molecule has 1 aliphatic rings. The smallest absolute Gasteiger partial charge is 0.308 e. The molecule has 4 heteroatoms. The molecule has 140 valence electrons. The van der Waals surface area contributed by atoms with Crippen molar-refractivity contribution in [1.82, 2.24) is 4.90 Å². The molecule has 0 spiro atoms. The fraction of sp³-hybridized carbons (Fsp3) is 0.900. The third kappa shape index (κ3) is 9.29. The highest BCUT2D eigenvalue weighted by Gasteiger charge is 2.33. The van der Waals surface area contributed by atoms with Crippen molar-refractivity contribution in [2.45, 2.75) is 96.8 Å². The zero-order chi connectivity index (χ0) is 17.6. The minimum atomic E-state index is -0.837. The molecule has 1 amide bonds. The van der Waals surface area contributed by atoms with E-state index in [1.807, 2.05) is 0 Å². The first kappa shape index (κ1) is 21.0. The summed E-state index contributed by atoms with van der Waals surface area (Å²) in [6.07, 6.45) is 17.3. The summed E-state index contributed by atoms with van der Waals surface area (Å²) in [5.74, 6) is -1.31. The summed E-state index contributed by atoms with van der Waals surface area (Å²) in [5.41, 5.74) is 0. The van der Waals surface area contributed by atoms with Gasteiger partial charge in [-0.2, -0.15) is 0 Å². The van der Waals surface area contributed by atoms with Gasteiger partial charge in [0.2, 0.25) is 5.91 Å². The Bertz CT molecular complexity index is 357. The van der Waals surface area contributed by atoms with Crippen molar-refractivity contribution < 1.29 is 14.7 Å². The van der Waals surface area contributed by atoms with Crippen LogP contribution < -0.4 is 0 Å². The Morgan fingerprint density at radius 3 is 1.79 bits per heavy atom. The summed E-state index contributed by atoms with van der Waals surface area (Å²) in [7, 11) is 0. The van der Waals surface area contributed by atoms with Crippen molar-refractivity contribution in [3.8, 4) is 0 Å². The van der Waals surface area contributed by atoms with Crippen molar-refractivity contribution in [3.05, 3.63) is 0 Å². The maximum absolute atomic E-state index is 11.7. The van der Waals surface area contributed by atoms with E-state index < -0.39 is 11.9 Å². The molecular weight excluding hydrogens is 302 g/mol. The lowest BCUT2D eigenvalue weighted by Gasteiger charge is -2.15. The first-order valence-corrected chi connectivity index (χ1v) is 10.2. The maximum Gasteiger partial charge on any atom is 0.308 e. The number of rotatable bonds is 15. The third-order valence-corrected chi connectivity index (χ3v) is 5.10. The number of carbonyl (C=O) groups is 2. The molecule has 1 saturated heterocycles. The van der Waals surface area contributed by atoms with Gasteiger partial charge in [0.25, 0.3) is 0 Å². The second-order valence-corrected chi connectivity index (χ2v) is 7.32. The lowest BCUT2D eigenvalue weighted by atomic mass is 10.0. The summed E-state index contributed by atoms with van der Waals surface area (Å²) < 4.78 is 0. The van der Waals surface area contributed by atoms with Crippen molar-refractivity contribution in [2.24, 2.45) is 5.92 Å². The molecule has 0 radical (unpaired) electrons. The van der Waals surface area contributed by atoms with E-state index in [9.17, 15) is 9.59 Å². The molecule has 1 heterocycles. The van der Waals surface area contributed by atoms with Crippen LogP contribution in [0, 0.1) is 5.92 Å². The predicted molar refractivity (Wildman–Crippen MR) is 98.0 cm³/mol. The number of carboxylic acids is 1. The number of carbonyl (C=O) groups excluding carboxylic acids is 1. The molecule has 4 nitrogen and oxygen atoms in total. The zero-order valence-corrected chi connectivity index (χ0v) is 15.6. The summed E-state index contributed by atoms with van der Waals surface area (Å²) in [6, 6.07) is 0. The summed E-state index contributed by atoms with van der Waals surface area (Å²) >= 11 is 0. The average molecular weight is 340 g/mol. The van der Waals surface area contributed by atoms with Gasteiger partial charge in [-0.15, -0.1) is 0 Å². The van der Waals surface area contributed by atoms with E-state index in [4.69, 9.17) is 5.11 Å². The topological polar surface area (TPSA) is 57.6 Å². The Morgan fingerprint density at radius 2 is 1.38 bits per heavy atom. The minimum Gasteiger partial charge on any atom is -0.481 e. The van der Waals surface area contributed by atoms with Crippen LogP contribution in [-0.2, 0) is 9.59 Å². The normalized spacial score (nSPS) is 17.6. The van der Waals surface area contributed by atoms with Gasteiger partial charge in [0.1, 0.15) is 0 Å². The molecule has 0 aliphatic carbocycles. The zero-order valence-electron chi connectivity index (χ0n) is 15.6. The maximum atomic E-state index is 11.7. The second-order valence-electron chi connectivity index (χ2n) is 7.32. The molecule has 0 saturated carbocycles. The lowest BCUT2D eigenvalue weighted by Crippen LogP contribution is -2.27. The molecule has 0 aromatic carbocycles. The van der Waals surface area contributed by atoms with Crippen LogP contribution in [0.1, 0.15) is 96.8 Å². The number of carboxylic acid groups (broad SMARTS) is 1. The molecule has 0 bridgehead atoms. The quantitative estimate of drug-likeness (QED) is 0.427. The largest absolute Gasteiger partial charge is 0.481 e. The van der Waals surface area contributed by atoms with Crippen LogP contribution in [0.2, 0.25) is 0 Å². The van der Waals surface area contributed by atoms with Crippen molar-refractivity contribution in [3.63, 3.8) is 0 Å².